The normalized spacial score (nSPS) is 19.7. The number of nitrogens with zero attached hydrogens (tertiary/aromatic N) is 2. The van der Waals surface area contributed by atoms with Gasteiger partial charge in [0.2, 0.25) is 0 Å². The monoisotopic (exact) mass is 275 g/mol. The maximum absolute atomic E-state index is 4.64. The summed E-state index contributed by atoms with van der Waals surface area (Å²) < 4.78 is 1.34. The minimum atomic E-state index is 0.548. The molecule has 1 saturated heterocycles. The van der Waals surface area contributed by atoms with Crippen molar-refractivity contribution in [3.63, 3.8) is 0 Å². The van der Waals surface area contributed by atoms with Crippen molar-refractivity contribution in [1.29, 1.82) is 0 Å². The Kier molecular flexibility index (Phi) is 3.71. The van der Waals surface area contributed by atoms with Crippen molar-refractivity contribution in [2.75, 3.05) is 18.0 Å². The van der Waals surface area contributed by atoms with Crippen LogP contribution in [0, 0.1) is 0 Å². The molecular formula is C15H21N3S. The molecule has 102 valence electrons. The van der Waals surface area contributed by atoms with Gasteiger partial charge in [-0.15, -0.1) is 11.3 Å². The van der Waals surface area contributed by atoms with Crippen LogP contribution in [0.5, 0.6) is 0 Å². The average Bonchev–Trinajstić information content (AvgIpc) is 3.04. The van der Waals surface area contributed by atoms with E-state index in [2.05, 4.69) is 46.6 Å². The van der Waals surface area contributed by atoms with Crippen molar-refractivity contribution >= 4 is 27.2 Å². The molecule has 19 heavy (non-hydrogen) atoms. The van der Waals surface area contributed by atoms with E-state index >= 15 is 0 Å². The molecule has 1 unspecified atom stereocenters. The third-order valence-corrected chi connectivity index (χ3v) is 4.65. The minimum Gasteiger partial charge on any atom is -0.352 e. The molecule has 3 heterocycles. The number of hydrogen-bond acceptors (Lipinski definition) is 4. The van der Waals surface area contributed by atoms with Gasteiger partial charge in [0.15, 0.2) is 0 Å². The molecule has 2 aromatic rings. The number of fused-ring (bicyclic) bond motifs is 1. The van der Waals surface area contributed by atoms with E-state index in [1.807, 2.05) is 6.20 Å². The van der Waals surface area contributed by atoms with Crippen LogP contribution in [0.25, 0.3) is 10.1 Å². The Hall–Kier alpha value is -1.13. The van der Waals surface area contributed by atoms with Crippen molar-refractivity contribution in [3.05, 3.63) is 23.7 Å². The van der Waals surface area contributed by atoms with Gasteiger partial charge in [-0.1, -0.05) is 13.8 Å². The van der Waals surface area contributed by atoms with Gasteiger partial charge in [-0.05, 0) is 30.4 Å². The number of hydrogen-bond donors (Lipinski definition) is 1. The molecule has 1 atom stereocenters. The van der Waals surface area contributed by atoms with Crippen molar-refractivity contribution < 1.29 is 0 Å². The predicted octanol–water partition coefficient (Wildman–Crippen LogP) is 3.26. The molecule has 1 fully saturated rings. The standard InChI is InChI=1S/C15H21N3S/c1-11(2)17-10-12-4-3-8-18(12)15-13-6-9-19-14(13)5-7-16-15/h5-7,9,11-12,17H,3-4,8,10H2,1-2H3. The van der Waals surface area contributed by atoms with E-state index in [0.717, 1.165) is 13.1 Å². The molecule has 0 aliphatic carbocycles. The summed E-state index contributed by atoms with van der Waals surface area (Å²) in [4.78, 5) is 7.13. The van der Waals surface area contributed by atoms with Gasteiger partial charge in [-0.25, -0.2) is 4.98 Å². The van der Waals surface area contributed by atoms with Crippen LogP contribution in [0.1, 0.15) is 26.7 Å². The van der Waals surface area contributed by atoms with Gasteiger partial charge in [-0.3, -0.25) is 0 Å². The Balaban J connectivity index is 1.85. The molecule has 0 aromatic carbocycles. The summed E-state index contributed by atoms with van der Waals surface area (Å²) in [6.45, 7) is 6.60. The number of aromatic nitrogens is 1. The molecule has 0 radical (unpaired) electrons. The van der Waals surface area contributed by atoms with Gasteiger partial charge < -0.3 is 10.2 Å². The van der Waals surface area contributed by atoms with E-state index in [1.54, 1.807) is 11.3 Å². The summed E-state index contributed by atoms with van der Waals surface area (Å²) in [5.41, 5.74) is 0. The zero-order chi connectivity index (χ0) is 13.2. The van der Waals surface area contributed by atoms with Gasteiger partial charge in [0.1, 0.15) is 5.82 Å². The largest absolute Gasteiger partial charge is 0.352 e. The third kappa shape index (κ3) is 2.60. The highest BCUT2D eigenvalue weighted by Crippen LogP contribution is 2.32. The van der Waals surface area contributed by atoms with Crippen molar-refractivity contribution in [3.8, 4) is 0 Å². The van der Waals surface area contributed by atoms with E-state index < -0.39 is 0 Å². The van der Waals surface area contributed by atoms with E-state index in [-0.39, 0.29) is 0 Å². The third-order valence-electron chi connectivity index (χ3n) is 3.77. The predicted molar refractivity (Wildman–Crippen MR) is 83.1 cm³/mol. The number of rotatable bonds is 4. The Morgan fingerprint density at radius 2 is 2.37 bits per heavy atom. The van der Waals surface area contributed by atoms with Gasteiger partial charge in [0.25, 0.3) is 0 Å². The van der Waals surface area contributed by atoms with Crippen LogP contribution in [-0.2, 0) is 0 Å². The zero-order valence-electron chi connectivity index (χ0n) is 11.6. The molecule has 1 aliphatic rings. The Morgan fingerprint density at radius 1 is 1.47 bits per heavy atom. The van der Waals surface area contributed by atoms with Crippen molar-refractivity contribution in [2.24, 2.45) is 0 Å². The average molecular weight is 275 g/mol. The quantitative estimate of drug-likeness (QED) is 0.928. The lowest BCUT2D eigenvalue weighted by molar-refractivity contribution is 0.523. The summed E-state index contributed by atoms with van der Waals surface area (Å²) in [6.07, 6.45) is 4.48. The van der Waals surface area contributed by atoms with Crippen LogP contribution in [0.4, 0.5) is 5.82 Å². The molecule has 0 amide bonds. The summed E-state index contributed by atoms with van der Waals surface area (Å²) in [5.74, 6) is 1.17. The van der Waals surface area contributed by atoms with Gasteiger partial charge >= 0.3 is 0 Å². The number of pyridine rings is 1. The second-order valence-electron chi connectivity index (χ2n) is 5.52. The fourth-order valence-electron chi connectivity index (χ4n) is 2.81. The first-order chi connectivity index (χ1) is 9.25. The molecule has 4 heteroatoms. The van der Waals surface area contributed by atoms with Gasteiger partial charge in [-0.2, -0.15) is 0 Å². The first kappa shape index (κ1) is 12.9. The van der Waals surface area contributed by atoms with Crippen LogP contribution in [0.15, 0.2) is 23.7 Å². The van der Waals surface area contributed by atoms with Crippen molar-refractivity contribution in [2.45, 2.75) is 38.8 Å². The van der Waals surface area contributed by atoms with E-state index in [4.69, 9.17) is 0 Å². The van der Waals surface area contributed by atoms with Crippen LogP contribution in [-0.4, -0.2) is 30.2 Å². The molecule has 1 N–H and O–H groups in total. The molecule has 2 aromatic heterocycles. The van der Waals surface area contributed by atoms with E-state index in [0.29, 0.717) is 12.1 Å². The first-order valence-corrected chi connectivity index (χ1v) is 7.96. The SMILES string of the molecule is CC(C)NCC1CCCN1c1nccc2sccc12. The first-order valence-electron chi connectivity index (χ1n) is 7.08. The summed E-state index contributed by atoms with van der Waals surface area (Å²) >= 11 is 1.80. The highest BCUT2D eigenvalue weighted by Gasteiger charge is 2.26. The Morgan fingerprint density at radius 3 is 3.21 bits per heavy atom. The van der Waals surface area contributed by atoms with E-state index in [1.165, 1.54) is 28.7 Å². The van der Waals surface area contributed by atoms with Gasteiger partial charge in [0, 0.05) is 41.5 Å². The molecular weight excluding hydrogens is 254 g/mol. The van der Waals surface area contributed by atoms with Crippen LogP contribution in [0.2, 0.25) is 0 Å². The smallest absolute Gasteiger partial charge is 0.137 e. The lowest BCUT2D eigenvalue weighted by Gasteiger charge is -2.27. The molecule has 0 spiro atoms. The second-order valence-corrected chi connectivity index (χ2v) is 6.47. The fraction of sp³-hybridized carbons (Fsp3) is 0.533. The summed E-state index contributed by atoms with van der Waals surface area (Å²) in [7, 11) is 0. The maximum atomic E-state index is 4.64. The molecule has 3 nitrogen and oxygen atoms in total. The molecule has 0 bridgehead atoms. The molecule has 3 rings (SSSR count). The summed E-state index contributed by atoms with van der Waals surface area (Å²) in [5, 5.41) is 7.03. The number of anilines is 1. The minimum absolute atomic E-state index is 0.548. The molecule has 0 saturated carbocycles. The molecule has 1 aliphatic heterocycles. The van der Waals surface area contributed by atoms with Crippen molar-refractivity contribution in [1.82, 2.24) is 10.3 Å². The zero-order valence-corrected chi connectivity index (χ0v) is 12.4. The van der Waals surface area contributed by atoms with Crippen LogP contribution < -0.4 is 10.2 Å². The lowest BCUT2D eigenvalue weighted by Crippen LogP contribution is -2.40. The lowest BCUT2D eigenvalue weighted by atomic mass is 10.2. The topological polar surface area (TPSA) is 28.2 Å². The Bertz CT molecular complexity index is 549. The highest BCUT2D eigenvalue weighted by molar-refractivity contribution is 7.17. The van der Waals surface area contributed by atoms with Crippen LogP contribution >= 0.6 is 11.3 Å². The van der Waals surface area contributed by atoms with Crippen LogP contribution in [0.3, 0.4) is 0 Å². The maximum Gasteiger partial charge on any atom is 0.137 e. The Labute approximate surface area is 118 Å². The summed E-state index contributed by atoms with van der Waals surface area (Å²) in [6, 6.07) is 5.45. The second kappa shape index (κ2) is 5.47. The fourth-order valence-corrected chi connectivity index (χ4v) is 3.58. The van der Waals surface area contributed by atoms with E-state index in [9.17, 15) is 0 Å². The number of nitrogens with one attached hydrogen (secondary N) is 1. The van der Waals surface area contributed by atoms with Gasteiger partial charge in [0.05, 0.1) is 0 Å². The highest BCUT2D eigenvalue weighted by atomic mass is 32.1. The number of thiophene rings is 1.